The number of benzene rings is 2. The number of halogens is 1. The van der Waals surface area contributed by atoms with E-state index >= 15 is 0 Å². The summed E-state index contributed by atoms with van der Waals surface area (Å²) in [6, 6.07) is 13.6. The van der Waals surface area contributed by atoms with Gasteiger partial charge in [-0.15, -0.1) is 0 Å². The first kappa shape index (κ1) is 63.3. The number of fused-ring (bicyclic) bond motifs is 12. The van der Waals surface area contributed by atoms with Gasteiger partial charge in [-0.1, -0.05) is 41.5 Å². The molecule has 2 aromatic heterocycles. The smallest absolute Gasteiger partial charge is 0.336 e. The van der Waals surface area contributed by atoms with Gasteiger partial charge in [-0.05, 0) is 245 Å². The van der Waals surface area contributed by atoms with E-state index in [2.05, 4.69) is 46.9 Å². The van der Waals surface area contributed by atoms with E-state index in [4.69, 9.17) is 21.0 Å². The van der Waals surface area contributed by atoms with Gasteiger partial charge < -0.3 is 55.6 Å². The Kier molecular flexibility index (Phi) is 18.9. The summed E-state index contributed by atoms with van der Waals surface area (Å²) >= 11 is 0. The monoisotopic (exact) mass is 1180 g/mol. The molecule has 85 heavy (non-hydrogen) atoms. The number of carbonyl (C=O) groups excluding carboxylic acids is 1. The van der Waals surface area contributed by atoms with E-state index in [0.717, 1.165) is 118 Å². The summed E-state index contributed by atoms with van der Waals surface area (Å²) in [5.74, 6) is 2.54. The normalized spacial score (nSPS) is 39.6. The largest absolute Gasteiger partial charge is 0.481 e. The van der Waals surface area contributed by atoms with Crippen molar-refractivity contribution in [2.24, 2.45) is 92.7 Å². The highest BCUT2D eigenvalue weighted by Gasteiger charge is 2.67. The Morgan fingerprint density at radius 1 is 0.635 bits per heavy atom. The molecule has 8 saturated carbocycles. The highest BCUT2D eigenvalue weighted by molar-refractivity contribution is 5.93. The molecule has 8 aliphatic rings. The molecule has 8 fully saturated rings. The van der Waals surface area contributed by atoms with E-state index in [1.807, 2.05) is 32.0 Å². The van der Waals surface area contributed by atoms with E-state index < -0.39 is 31.0 Å². The number of aliphatic hydroxyl groups is 6. The summed E-state index contributed by atoms with van der Waals surface area (Å²) in [5.41, 5.74) is 8.44. The molecule has 2 unspecified atom stereocenters. The number of nitrogens with one attached hydrogen (secondary N) is 1. The first-order valence-electron chi connectivity index (χ1n) is 32.6. The predicted molar refractivity (Wildman–Crippen MR) is 327 cm³/mol. The molecule has 4 aromatic rings. The lowest BCUT2D eigenvalue weighted by atomic mass is 9.43. The van der Waals surface area contributed by atoms with Gasteiger partial charge in [-0.2, -0.15) is 0 Å². The number of hydrogen-bond acceptors (Lipinski definition) is 13. The lowest BCUT2D eigenvalue weighted by Crippen LogP contribution is -2.62. The molecule has 0 saturated heterocycles. The van der Waals surface area contributed by atoms with Gasteiger partial charge in [-0.3, -0.25) is 14.0 Å². The van der Waals surface area contributed by atoms with E-state index in [-0.39, 0.29) is 99.5 Å². The van der Waals surface area contributed by atoms with Gasteiger partial charge in [0.1, 0.15) is 11.2 Å². The maximum Gasteiger partial charge on any atom is 0.336 e. The number of carbonyl (C=O) groups is 2. The number of aliphatic hydroxyl groups excluding tert-OH is 6. The summed E-state index contributed by atoms with van der Waals surface area (Å²) in [6.45, 7) is 17.3. The summed E-state index contributed by atoms with van der Waals surface area (Å²) < 4.78 is 25.8. The Labute approximate surface area is 502 Å². The van der Waals surface area contributed by atoms with Crippen LogP contribution in [-0.4, -0.2) is 91.4 Å². The Morgan fingerprint density at radius 2 is 1.07 bits per heavy atom. The van der Waals surface area contributed by atoms with Gasteiger partial charge in [0.05, 0.1) is 45.1 Å². The zero-order valence-electron chi connectivity index (χ0n) is 52.5. The summed E-state index contributed by atoms with van der Waals surface area (Å²) in [5, 5.41) is 80.4. The predicted octanol–water partition coefficient (Wildman–Crippen LogP) is 11.1. The fraction of sp³-hybridized carbons (Fsp3) is 0.710. The molecule has 8 aliphatic carbocycles. The zero-order valence-corrected chi connectivity index (χ0v) is 51.5. The minimum Gasteiger partial charge on any atom is -0.481 e. The number of aliphatic carboxylic acids is 1. The van der Waals surface area contributed by atoms with Gasteiger partial charge >= 0.3 is 17.2 Å². The SMILES string of the molecule is C[C@H](CCC(=O)O)[C@H]1CC[C@H]2C3[C@H](O)C[C@@H]4C[C@H](O)CC[C@]4(C)[C@H]3C[C@H](O)[C@]12C.Cc1cc(=O)oc2cc(N)ccc12.Cc1cc(=O)oc2cc(NC(=O)CC[C@@H](C)[C@H]3CC[C@H]4C5[C@H](O)C[C@@H]6C[C@H](O)CC[C@]6(C)[C@H]5C[C@H](O)[C@]34C)ccc12.[2H]CF. The average Bonchev–Trinajstić information content (AvgIpc) is 1.33. The topological polar surface area (TPSA) is 274 Å². The maximum atomic E-state index is 12.9. The van der Waals surface area contributed by atoms with Gasteiger partial charge in [0.2, 0.25) is 5.91 Å². The third-order valence-corrected chi connectivity index (χ3v) is 24.9. The van der Waals surface area contributed by atoms with Gasteiger partial charge in [0.15, 0.2) is 0 Å². The van der Waals surface area contributed by atoms with E-state index in [1.54, 1.807) is 18.2 Å². The average molecular weight is 1180 g/mol. The van der Waals surface area contributed by atoms with Crippen LogP contribution in [0.25, 0.3) is 21.9 Å². The van der Waals surface area contributed by atoms with E-state index in [0.29, 0.717) is 70.9 Å². The molecule has 470 valence electrons. The summed E-state index contributed by atoms with van der Waals surface area (Å²) in [7, 11) is -1.00. The van der Waals surface area contributed by atoms with Crippen LogP contribution in [0.2, 0.25) is 0 Å². The standard InChI is InChI=1S/C34H47NO6.C24H40O5.C10H9NO2.CH3F/c1-18(5-10-30(39)35-21-6-7-23-19(2)13-31(40)41-28(23)16-21)24-8-9-25-32-26(17-29(38)34(24,25)4)33(3)12-11-22(36)14-20(33)15-27(32)37;1-13(4-7-21(28)29)16-5-6-17-22-18(12-20(27)24(16,17)3)23(2)9-8-15(25)10-14(23)11-19(22)26;1-6-4-10(12)13-9-5-7(11)2-3-8(6)9;1-2/h6-7,13,16,18,20,22,24-27,29,32,36-38H,5,8-12,14-15,17H2,1-4H3,(H,35,39);13-20,22,25-27H,4-12H2,1-3H3,(H,28,29);2-5H,11H2,1H3;1H3/t18-,20+,22-,24-,25+,26+,27-,29+,32?,33+,34-;13-,14+,15-,16-,17+,18+,19-,20+,22?,23+,24-;;/m11../s1/i;;;1D. The van der Waals surface area contributed by atoms with Crippen molar-refractivity contribution in [1.29, 1.82) is 0 Å². The molecule has 0 radical (unpaired) electrons. The molecular weight excluding hydrogens is 1080 g/mol. The molecule has 0 aliphatic heterocycles. The zero-order chi connectivity index (χ0) is 62.5. The summed E-state index contributed by atoms with van der Waals surface area (Å²) in [6.07, 6.45) is 12.1. The molecule has 22 atom stereocenters. The van der Waals surface area contributed by atoms with Crippen molar-refractivity contribution in [1.82, 2.24) is 0 Å². The Balaban J connectivity index is 0.000000169. The van der Waals surface area contributed by atoms with Crippen LogP contribution in [0.3, 0.4) is 0 Å². The first-order chi connectivity index (χ1) is 40.6. The molecule has 12 rings (SSSR count). The minimum absolute atomic E-state index is 0.0667. The highest BCUT2D eigenvalue weighted by Crippen LogP contribution is 2.70. The van der Waals surface area contributed by atoms with Crippen LogP contribution >= 0.6 is 0 Å². The molecule has 2 aromatic carbocycles. The van der Waals surface area contributed by atoms with Gasteiger partial charge in [0.25, 0.3) is 0 Å². The fourth-order valence-corrected chi connectivity index (χ4v) is 20.3. The molecule has 15 nitrogen and oxygen atoms in total. The fourth-order valence-electron chi connectivity index (χ4n) is 20.3. The highest BCUT2D eigenvalue weighted by atomic mass is 19.1. The van der Waals surface area contributed by atoms with Crippen LogP contribution in [0.5, 0.6) is 0 Å². The van der Waals surface area contributed by atoms with Crippen molar-refractivity contribution < 1.29 is 59.9 Å². The molecule has 16 heteroatoms. The second-order valence-corrected chi connectivity index (χ2v) is 29.0. The molecule has 2 heterocycles. The number of amides is 1. The van der Waals surface area contributed by atoms with Crippen LogP contribution in [0.1, 0.15) is 170 Å². The van der Waals surface area contributed by atoms with Crippen LogP contribution in [0, 0.1) is 107 Å². The van der Waals surface area contributed by atoms with Crippen molar-refractivity contribution in [3.63, 3.8) is 0 Å². The van der Waals surface area contributed by atoms with Gasteiger partial charge in [-0.25, -0.2) is 9.59 Å². The van der Waals surface area contributed by atoms with Crippen molar-refractivity contribution in [2.75, 3.05) is 18.2 Å². The number of anilines is 2. The van der Waals surface area contributed by atoms with Gasteiger partial charge in [0, 0.05) is 59.3 Å². The minimum atomic E-state index is -1.00. The number of nitrogen functional groups attached to an aromatic ring is 1. The lowest BCUT2D eigenvalue weighted by Gasteiger charge is -2.63. The molecule has 0 spiro atoms. The number of rotatable bonds is 9. The van der Waals surface area contributed by atoms with Crippen LogP contribution in [0.15, 0.2) is 67.0 Å². The Bertz CT molecular complexity index is 3170. The molecule has 0 bridgehead atoms. The number of alkyl halides is 1. The van der Waals surface area contributed by atoms with Crippen LogP contribution in [-0.2, 0) is 9.59 Å². The quantitative estimate of drug-likeness (QED) is 0.0557. The summed E-state index contributed by atoms with van der Waals surface area (Å²) in [4.78, 5) is 46.8. The number of nitrogens with two attached hydrogens (primary N) is 1. The van der Waals surface area contributed by atoms with Crippen molar-refractivity contribution in [3.05, 3.63) is 80.5 Å². The number of hydrogen-bond donors (Lipinski definition) is 9. The number of aryl methyl sites for hydroxylation is 2. The third kappa shape index (κ3) is 12.2. The first-order valence-corrected chi connectivity index (χ1v) is 31.9. The molecule has 1 amide bonds. The van der Waals surface area contributed by atoms with Crippen molar-refractivity contribution >= 4 is 45.2 Å². The third-order valence-electron chi connectivity index (χ3n) is 24.9. The number of carboxylic acid groups (broad SMARTS) is 1. The van der Waals surface area contributed by atoms with Crippen molar-refractivity contribution in [3.8, 4) is 0 Å². The van der Waals surface area contributed by atoms with Crippen molar-refractivity contribution in [2.45, 2.75) is 208 Å². The second-order valence-electron chi connectivity index (χ2n) is 29.0. The number of carboxylic acids is 1. The van der Waals surface area contributed by atoms with Crippen LogP contribution < -0.4 is 22.3 Å². The van der Waals surface area contributed by atoms with Crippen LogP contribution in [0.4, 0.5) is 15.8 Å². The molecule has 10 N–H and O–H groups in total. The maximum absolute atomic E-state index is 12.9. The molecular formula is C69H99FN2O13. The Hall–Kier alpha value is -4.71. The van der Waals surface area contributed by atoms with E-state index in [1.165, 1.54) is 12.1 Å². The van der Waals surface area contributed by atoms with E-state index in [9.17, 15) is 54.2 Å². The Morgan fingerprint density at radius 3 is 1.53 bits per heavy atom. The second kappa shape index (κ2) is 25.4. The lowest BCUT2D eigenvalue weighted by molar-refractivity contribution is -0.207.